The number of benzene rings is 2. The minimum atomic E-state index is -4.90. The Morgan fingerprint density at radius 3 is 2.39 bits per heavy atom. The van der Waals surface area contributed by atoms with E-state index < -0.39 is 44.0 Å². The van der Waals surface area contributed by atoms with E-state index in [1.807, 2.05) is 14.0 Å². The van der Waals surface area contributed by atoms with Crippen molar-refractivity contribution < 1.29 is 39.8 Å². The Morgan fingerprint density at radius 1 is 1.02 bits per heavy atom. The van der Waals surface area contributed by atoms with Crippen LogP contribution in [0.25, 0.3) is 0 Å². The Morgan fingerprint density at radius 2 is 1.76 bits per heavy atom. The fourth-order valence-electron chi connectivity index (χ4n) is 6.46. The Bertz CT molecular complexity index is 1910. The van der Waals surface area contributed by atoms with Crippen LogP contribution in [-0.2, 0) is 29.2 Å². The molecule has 5 rings (SSSR count). The van der Waals surface area contributed by atoms with Gasteiger partial charge in [-0.25, -0.2) is 36.5 Å². The van der Waals surface area contributed by atoms with Gasteiger partial charge in [0.25, 0.3) is 10.0 Å². The van der Waals surface area contributed by atoms with Crippen molar-refractivity contribution >= 4 is 21.5 Å². The summed E-state index contributed by atoms with van der Waals surface area (Å²) in [7, 11) is -0.138. The molecule has 0 aliphatic carbocycles. The van der Waals surface area contributed by atoms with Crippen molar-refractivity contribution in [3.8, 4) is 11.5 Å². The molecule has 1 aliphatic rings. The lowest BCUT2D eigenvalue weighted by atomic mass is 9.82. The Balaban J connectivity index is 1.46. The van der Waals surface area contributed by atoms with Crippen molar-refractivity contribution in [2.24, 2.45) is 0 Å². The number of nitrogens with zero attached hydrogens (tertiary/aromatic N) is 6. The van der Waals surface area contributed by atoms with Gasteiger partial charge in [-0.15, -0.1) is 0 Å². The number of hydrogen-bond donors (Lipinski definition) is 0. The molecule has 1 atom stereocenters. The number of hydrogen-bond acceptors (Lipinski definition) is 9. The SMILES string of the molecule is CCN(C)[C@]1(CCc2cccc(C(F)(F)F)n2)CCCN(c2cc(F)c(S(=O)(=O)N(Cc3ccc(OC)cc3OC)c3ccncn3)c(F)c2)C1. The van der Waals surface area contributed by atoms with Crippen LogP contribution in [0.3, 0.4) is 0 Å². The van der Waals surface area contributed by atoms with Crippen molar-refractivity contribution in [1.82, 2.24) is 19.9 Å². The highest BCUT2D eigenvalue weighted by molar-refractivity contribution is 7.92. The van der Waals surface area contributed by atoms with Gasteiger partial charge < -0.3 is 14.4 Å². The van der Waals surface area contributed by atoms with E-state index in [1.54, 1.807) is 29.2 Å². The normalized spacial score (nSPS) is 16.7. The molecule has 0 unspecified atom stereocenters. The highest BCUT2D eigenvalue weighted by atomic mass is 32.2. The number of methoxy groups -OCH3 is 2. The third kappa shape index (κ3) is 8.17. The first-order valence-electron chi connectivity index (χ1n) is 16.2. The van der Waals surface area contributed by atoms with E-state index in [1.165, 1.54) is 32.5 Å². The number of ether oxygens (including phenoxy) is 2. The van der Waals surface area contributed by atoms with Crippen molar-refractivity contribution in [3.63, 3.8) is 0 Å². The second-order valence-electron chi connectivity index (χ2n) is 12.3. The van der Waals surface area contributed by atoms with Crippen LogP contribution in [0.15, 0.2) is 72.0 Å². The standard InChI is InChI=1S/C35H39F5N6O4S/c1-5-44(2)34(15-12-25-8-6-9-31(43-25)35(38,39)40)14-7-17-45(22-34)26-18-28(36)33(29(37)19-26)51(47,48)46(32-13-16-41-23-42-32)21-24-10-11-27(49-3)20-30(24)50-4/h6,8-11,13,16,18-20,23H,5,7,12,14-15,17,21-22H2,1-4H3/t34-/m0/s1. The highest BCUT2D eigenvalue weighted by Gasteiger charge is 2.40. The van der Waals surface area contributed by atoms with E-state index in [9.17, 15) is 21.6 Å². The summed E-state index contributed by atoms with van der Waals surface area (Å²) >= 11 is 0. The fourth-order valence-corrected chi connectivity index (χ4v) is 7.95. The minimum Gasteiger partial charge on any atom is -0.497 e. The molecule has 3 heterocycles. The van der Waals surface area contributed by atoms with Crippen LogP contribution in [-0.4, -0.2) is 74.7 Å². The van der Waals surface area contributed by atoms with Gasteiger partial charge in [0.1, 0.15) is 41.0 Å². The van der Waals surface area contributed by atoms with Gasteiger partial charge >= 0.3 is 6.18 Å². The Hall–Kier alpha value is -4.57. The molecule has 51 heavy (non-hydrogen) atoms. The van der Waals surface area contributed by atoms with Gasteiger partial charge in [-0.3, -0.25) is 4.90 Å². The molecule has 274 valence electrons. The molecular weight excluding hydrogens is 695 g/mol. The maximum atomic E-state index is 16.1. The molecule has 0 N–H and O–H groups in total. The second kappa shape index (κ2) is 15.4. The molecule has 0 radical (unpaired) electrons. The number of aromatic nitrogens is 3. The van der Waals surface area contributed by atoms with E-state index in [0.29, 0.717) is 50.2 Å². The lowest BCUT2D eigenvalue weighted by Crippen LogP contribution is -2.58. The highest BCUT2D eigenvalue weighted by Crippen LogP contribution is 2.37. The third-order valence-electron chi connectivity index (χ3n) is 9.31. The summed E-state index contributed by atoms with van der Waals surface area (Å²) in [5.74, 6) is -1.96. The topological polar surface area (TPSA) is 101 Å². The van der Waals surface area contributed by atoms with Crippen molar-refractivity contribution in [2.75, 3.05) is 50.1 Å². The maximum Gasteiger partial charge on any atom is 0.433 e. The molecule has 2 aromatic carbocycles. The number of aryl methyl sites for hydroxylation is 1. The van der Waals surface area contributed by atoms with Crippen molar-refractivity contribution in [3.05, 3.63) is 95.7 Å². The summed E-state index contributed by atoms with van der Waals surface area (Å²) in [6.07, 6.45) is -0.148. The molecule has 0 bridgehead atoms. The zero-order chi connectivity index (χ0) is 37.0. The summed E-state index contributed by atoms with van der Waals surface area (Å²) < 4.78 is 112. The van der Waals surface area contributed by atoms with E-state index in [4.69, 9.17) is 9.47 Å². The smallest absolute Gasteiger partial charge is 0.433 e. The molecule has 0 saturated carbocycles. The van der Waals surface area contributed by atoms with Gasteiger partial charge in [0, 0.05) is 53.9 Å². The van der Waals surface area contributed by atoms with Crippen LogP contribution in [0.4, 0.5) is 33.5 Å². The average Bonchev–Trinajstić information content (AvgIpc) is 3.12. The lowest BCUT2D eigenvalue weighted by molar-refractivity contribution is -0.141. The first-order chi connectivity index (χ1) is 24.2. The first kappa shape index (κ1) is 37.7. The van der Waals surface area contributed by atoms with Crippen LogP contribution in [0, 0.1) is 11.6 Å². The van der Waals surface area contributed by atoms with Gasteiger partial charge in [-0.1, -0.05) is 13.0 Å². The molecule has 1 saturated heterocycles. The number of anilines is 2. The molecule has 10 nitrogen and oxygen atoms in total. The number of alkyl halides is 3. The zero-order valence-corrected chi connectivity index (χ0v) is 29.4. The second-order valence-corrected chi connectivity index (χ2v) is 14.1. The molecule has 16 heteroatoms. The molecule has 4 aromatic rings. The van der Waals surface area contributed by atoms with Gasteiger partial charge in [-0.2, -0.15) is 13.2 Å². The molecule has 1 fully saturated rings. The Kier molecular flexibility index (Phi) is 11.3. The summed E-state index contributed by atoms with van der Waals surface area (Å²) in [4.78, 5) is 14.4. The summed E-state index contributed by atoms with van der Waals surface area (Å²) in [6.45, 7) is 2.91. The molecule has 1 aliphatic heterocycles. The Labute approximate surface area is 293 Å². The van der Waals surface area contributed by atoms with Gasteiger partial charge in [-0.05, 0) is 75.7 Å². The molecule has 2 aromatic heterocycles. The number of rotatable bonds is 13. The van der Waals surface area contributed by atoms with Gasteiger partial charge in [0.05, 0.1) is 20.8 Å². The molecular formula is C35H39F5N6O4S. The van der Waals surface area contributed by atoms with Crippen LogP contribution < -0.4 is 18.7 Å². The van der Waals surface area contributed by atoms with Crippen LogP contribution >= 0.6 is 0 Å². The van der Waals surface area contributed by atoms with Crippen molar-refractivity contribution in [1.29, 1.82) is 0 Å². The zero-order valence-electron chi connectivity index (χ0n) is 28.6. The lowest BCUT2D eigenvalue weighted by Gasteiger charge is -2.49. The number of sulfonamides is 1. The predicted molar refractivity (Wildman–Crippen MR) is 181 cm³/mol. The molecule has 0 spiro atoms. The van der Waals surface area contributed by atoms with Crippen molar-refractivity contribution in [2.45, 2.75) is 55.8 Å². The number of likely N-dealkylation sites (N-methyl/N-ethyl adjacent to an activating group) is 1. The average molecular weight is 735 g/mol. The summed E-state index contributed by atoms with van der Waals surface area (Å²) in [6, 6.07) is 11.8. The van der Waals surface area contributed by atoms with E-state index in [-0.39, 0.29) is 35.9 Å². The van der Waals surface area contributed by atoms with Crippen LogP contribution in [0.5, 0.6) is 11.5 Å². The summed E-state index contributed by atoms with van der Waals surface area (Å²) in [5.41, 5.74) is -0.728. The quantitative estimate of drug-likeness (QED) is 0.143. The van der Waals surface area contributed by atoms with Gasteiger partial charge in [0.2, 0.25) is 0 Å². The maximum absolute atomic E-state index is 16.1. The largest absolute Gasteiger partial charge is 0.497 e. The van der Waals surface area contributed by atoms with E-state index in [0.717, 1.165) is 28.8 Å². The van der Waals surface area contributed by atoms with Gasteiger partial charge in [0.15, 0.2) is 4.90 Å². The monoisotopic (exact) mass is 734 g/mol. The van der Waals surface area contributed by atoms with E-state index in [2.05, 4.69) is 19.9 Å². The van der Waals surface area contributed by atoms with E-state index >= 15 is 8.78 Å². The predicted octanol–water partition coefficient (Wildman–Crippen LogP) is 6.50. The minimum absolute atomic E-state index is 0.121. The van der Waals surface area contributed by atoms with Crippen LogP contribution in [0.2, 0.25) is 0 Å². The number of pyridine rings is 1. The first-order valence-corrected chi connectivity index (χ1v) is 17.6. The fraction of sp³-hybridized carbons (Fsp3) is 0.400. The third-order valence-corrected chi connectivity index (χ3v) is 11.1. The number of piperidine rings is 1. The summed E-state index contributed by atoms with van der Waals surface area (Å²) in [5, 5.41) is 0. The molecule has 0 amide bonds. The number of halogens is 5. The van der Waals surface area contributed by atoms with Crippen LogP contribution in [0.1, 0.15) is 43.1 Å².